The molecule has 3 nitrogen and oxygen atoms in total. The third kappa shape index (κ3) is 2.00. The molecule has 5 heteroatoms. The molecule has 0 bridgehead atoms. The summed E-state index contributed by atoms with van der Waals surface area (Å²) >= 11 is 3.19. The Morgan fingerprint density at radius 2 is 2.17 bits per heavy atom. The van der Waals surface area contributed by atoms with E-state index in [1.807, 2.05) is 25.3 Å². The fourth-order valence-corrected chi connectivity index (χ4v) is 2.51. The number of benzene rings is 1. The van der Waals surface area contributed by atoms with Crippen LogP contribution in [-0.2, 0) is 6.54 Å². The van der Waals surface area contributed by atoms with E-state index < -0.39 is 0 Å². The minimum Gasteiger partial charge on any atom is -0.491 e. The predicted octanol–water partition coefficient (Wildman–Crippen LogP) is 4.06. The maximum Gasteiger partial charge on any atom is 0.165 e. The number of hydrogen-bond donors (Lipinski definition) is 0. The van der Waals surface area contributed by atoms with Gasteiger partial charge in [-0.05, 0) is 35.3 Å². The highest BCUT2D eigenvalue weighted by Gasteiger charge is 2.20. The van der Waals surface area contributed by atoms with E-state index in [-0.39, 0.29) is 5.82 Å². The van der Waals surface area contributed by atoms with Crippen LogP contribution in [0.3, 0.4) is 0 Å². The topological polar surface area (TPSA) is 27.1 Å². The summed E-state index contributed by atoms with van der Waals surface area (Å²) < 4.78 is 21.9. The highest BCUT2D eigenvalue weighted by atomic mass is 79.9. The van der Waals surface area contributed by atoms with Gasteiger partial charge in [-0.25, -0.2) is 9.37 Å². The SMILES string of the molecule is CC.Cc1nc2c(F)c(Br)cc3c2n1CCCO3. The molecule has 2 aromatic rings. The summed E-state index contributed by atoms with van der Waals surface area (Å²) in [4.78, 5) is 4.26. The number of hydrogen-bond acceptors (Lipinski definition) is 2. The summed E-state index contributed by atoms with van der Waals surface area (Å²) in [6.07, 6.45) is 0.917. The van der Waals surface area contributed by atoms with Gasteiger partial charge in [0.1, 0.15) is 22.6 Å². The van der Waals surface area contributed by atoms with Gasteiger partial charge in [0.15, 0.2) is 5.82 Å². The van der Waals surface area contributed by atoms with Gasteiger partial charge in [-0.1, -0.05) is 13.8 Å². The second-order valence-corrected chi connectivity index (χ2v) is 4.73. The second kappa shape index (κ2) is 5.26. The minimum atomic E-state index is -0.314. The molecule has 0 saturated heterocycles. The first-order chi connectivity index (χ1) is 8.68. The molecule has 0 spiro atoms. The molecule has 0 saturated carbocycles. The maximum atomic E-state index is 13.9. The molecule has 1 aromatic heterocycles. The molecule has 2 heterocycles. The highest BCUT2D eigenvalue weighted by Crippen LogP contribution is 2.35. The standard InChI is InChI=1S/C11H10BrFN2O.C2H6/c1-6-14-10-9(13)7(12)5-8-11(10)15(6)3-2-4-16-8;1-2/h5H,2-4H2,1H3;1-2H3. The number of rotatable bonds is 0. The number of nitrogens with zero attached hydrogens (tertiary/aromatic N) is 2. The zero-order valence-corrected chi connectivity index (χ0v) is 12.3. The van der Waals surface area contributed by atoms with Crippen molar-refractivity contribution in [3.8, 4) is 5.75 Å². The van der Waals surface area contributed by atoms with Crippen LogP contribution in [0.5, 0.6) is 5.75 Å². The fourth-order valence-electron chi connectivity index (χ4n) is 2.12. The van der Waals surface area contributed by atoms with Crippen LogP contribution in [0.1, 0.15) is 26.1 Å². The zero-order valence-electron chi connectivity index (χ0n) is 10.8. The van der Waals surface area contributed by atoms with Crippen LogP contribution in [0.4, 0.5) is 4.39 Å². The van der Waals surface area contributed by atoms with E-state index in [4.69, 9.17) is 4.74 Å². The monoisotopic (exact) mass is 314 g/mol. The molecule has 0 amide bonds. The molecule has 1 aliphatic rings. The lowest BCUT2D eigenvalue weighted by atomic mass is 10.3. The van der Waals surface area contributed by atoms with E-state index in [2.05, 4.69) is 20.9 Å². The number of ether oxygens (including phenoxy) is 1. The molecule has 0 N–H and O–H groups in total. The molecular formula is C13H16BrFN2O. The van der Waals surface area contributed by atoms with Crippen LogP contribution in [0.15, 0.2) is 10.5 Å². The average Bonchev–Trinajstić information content (AvgIpc) is 2.58. The summed E-state index contributed by atoms with van der Waals surface area (Å²) in [5.74, 6) is 1.23. The van der Waals surface area contributed by atoms with Crippen molar-refractivity contribution in [1.82, 2.24) is 9.55 Å². The van der Waals surface area contributed by atoms with Crippen LogP contribution in [0, 0.1) is 12.7 Å². The van der Waals surface area contributed by atoms with Gasteiger partial charge in [-0.3, -0.25) is 0 Å². The number of aromatic nitrogens is 2. The Labute approximate surface area is 114 Å². The van der Waals surface area contributed by atoms with E-state index in [1.54, 1.807) is 6.07 Å². The third-order valence-corrected chi connectivity index (χ3v) is 3.43. The number of aryl methyl sites for hydroxylation is 2. The van der Waals surface area contributed by atoms with Crippen molar-refractivity contribution in [3.63, 3.8) is 0 Å². The first kappa shape index (κ1) is 13.3. The summed E-state index contributed by atoms with van der Waals surface area (Å²) in [6.45, 7) is 7.38. The van der Waals surface area contributed by atoms with Crippen LogP contribution in [-0.4, -0.2) is 16.2 Å². The highest BCUT2D eigenvalue weighted by molar-refractivity contribution is 9.10. The van der Waals surface area contributed by atoms with Gasteiger partial charge < -0.3 is 9.30 Å². The Balaban J connectivity index is 0.000000574. The normalized spacial score (nSPS) is 13.6. The van der Waals surface area contributed by atoms with Crippen molar-refractivity contribution >= 4 is 27.0 Å². The lowest BCUT2D eigenvalue weighted by Crippen LogP contribution is -2.00. The molecule has 98 valence electrons. The summed E-state index contributed by atoms with van der Waals surface area (Å²) in [5, 5.41) is 0. The lowest BCUT2D eigenvalue weighted by Gasteiger charge is -2.05. The summed E-state index contributed by atoms with van der Waals surface area (Å²) in [6, 6.07) is 1.68. The second-order valence-electron chi connectivity index (χ2n) is 3.88. The van der Waals surface area contributed by atoms with E-state index in [0.29, 0.717) is 22.3 Å². The molecule has 1 aliphatic heterocycles. The van der Waals surface area contributed by atoms with Crippen LogP contribution in [0.2, 0.25) is 0 Å². The Morgan fingerprint density at radius 1 is 1.44 bits per heavy atom. The quantitative estimate of drug-likeness (QED) is 0.733. The van der Waals surface area contributed by atoms with E-state index in [0.717, 1.165) is 24.3 Å². The molecule has 0 atom stereocenters. The van der Waals surface area contributed by atoms with Gasteiger partial charge in [0, 0.05) is 6.54 Å². The van der Waals surface area contributed by atoms with Gasteiger partial charge in [-0.2, -0.15) is 0 Å². The summed E-state index contributed by atoms with van der Waals surface area (Å²) in [5.41, 5.74) is 1.17. The lowest BCUT2D eigenvalue weighted by molar-refractivity contribution is 0.315. The van der Waals surface area contributed by atoms with Crippen molar-refractivity contribution in [1.29, 1.82) is 0 Å². The smallest absolute Gasteiger partial charge is 0.165 e. The molecule has 0 aliphatic carbocycles. The molecule has 0 unspecified atom stereocenters. The molecule has 0 radical (unpaired) electrons. The molecule has 18 heavy (non-hydrogen) atoms. The first-order valence-corrected chi connectivity index (χ1v) is 6.95. The largest absolute Gasteiger partial charge is 0.491 e. The Bertz CT molecular complexity index is 580. The van der Waals surface area contributed by atoms with E-state index >= 15 is 0 Å². The van der Waals surface area contributed by atoms with Crippen molar-refractivity contribution in [2.75, 3.05) is 6.61 Å². The number of halogens is 2. The van der Waals surface area contributed by atoms with Gasteiger partial charge in [0.25, 0.3) is 0 Å². The maximum absolute atomic E-state index is 13.9. The van der Waals surface area contributed by atoms with Crippen LogP contribution in [0.25, 0.3) is 11.0 Å². The molecule has 0 fully saturated rings. The minimum absolute atomic E-state index is 0.314. The zero-order chi connectivity index (χ0) is 13.3. The van der Waals surface area contributed by atoms with E-state index in [1.165, 1.54) is 0 Å². The van der Waals surface area contributed by atoms with Gasteiger partial charge in [0.05, 0.1) is 11.1 Å². The van der Waals surface area contributed by atoms with E-state index in [9.17, 15) is 4.39 Å². The fraction of sp³-hybridized carbons (Fsp3) is 0.462. The summed E-state index contributed by atoms with van der Waals surface area (Å²) in [7, 11) is 0. The van der Waals surface area contributed by atoms with Crippen molar-refractivity contribution in [2.45, 2.75) is 33.7 Å². The Hall–Kier alpha value is -1.10. The van der Waals surface area contributed by atoms with Gasteiger partial charge in [-0.15, -0.1) is 0 Å². The molecule has 1 aromatic carbocycles. The molecule has 3 rings (SSSR count). The molecular weight excluding hydrogens is 299 g/mol. The van der Waals surface area contributed by atoms with Gasteiger partial charge in [0.2, 0.25) is 0 Å². The first-order valence-electron chi connectivity index (χ1n) is 6.16. The van der Waals surface area contributed by atoms with Gasteiger partial charge >= 0.3 is 0 Å². The van der Waals surface area contributed by atoms with Crippen molar-refractivity contribution in [3.05, 3.63) is 22.2 Å². The Kier molecular flexibility index (Phi) is 3.90. The average molecular weight is 315 g/mol. The third-order valence-electron chi connectivity index (χ3n) is 2.85. The van der Waals surface area contributed by atoms with Crippen molar-refractivity contribution in [2.24, 2.45) is 0 Å². The Morgan fingerprint density at radius 3 is 2.89 bits per heavy atom. The predicted molar refractivity (Wildman–Crippen MR) is 73.6 cm³/mol. The van der Waals surface area contributed by atoms with Crippen molar-refractivity contribution < 1.29 is 9.13 Å². The number of imidazole rings is 1. The van der Waals surface area contributed by atoms with Crippen LogP contribution >= 0.6 is 15.9 Å². The van der Waals surface area contributed by atoms with Crippen LogP contribution < -0.4 is 4.74 Å².